The van der Waals surface area contributed by atoms with E-state index in [0.29, 0.717) is 12.2 Å². The summed E-state index contributed by atoms with van der Waals surface area (Å²) in [5.41, 5.74) is 0.930. The van der Waals surface area contributed by atoms with E-state index in [1.165, 1.54) is 0 Å². The molecule has 2 aliphatic rings. The molecular weight excluding hydrogens is 244 g/mol. The molecule has 19 heavy (non-hydrogen) atoms. The van der Waals surface area contributed by atoms with E-state index in [1.54, 1.807) is 6.07 Å². The quantitative estimate of drug-likeness (QED) is 0.849. The summed E-state index contributed by atoms with van der Waals surface area (Å²) in [7, 11) is 0. The van der Waals surface area contributed by atoms with Gasteiger partial charge in [0.15, 0.2) is 6.10 Å². The highest BCUT2D eigenvalue weighted by Gasteiger charge is 2.29. The molecule has 0 saturated heterocycles. The van der Waals surface area contributed by atoms with E-state index in [2.05, 4.69) is 12.2 Å². The molecule has 2 atom stereocenters. The first kappa shape index (κ1) is 12.1. The predicted molar refractivity (Wildman–Crippen MR) is 69.6 cm³/mol. The van der Waals surface area contributed by atoms with Gasteiger partial charge in [0.05, 0.1) is 0 Å². The lowest BCUT2D eigenvalue weighted by molar-refractivity contribution is -0.144. The lowest BCUT2D eigenvalue weighted by Crippen LogP contribution is -2.24. The van der Waals surface area contributed by atoms with Crippen molar-refractivity contribution in [1.82, 2.24) is 0 Å². The van der Waals surface area contributed by atoms with Crippen LogP contribution in [0.5, 0.6) is 11.5 Å². The summed E-state index contributed by atoms with van der Waals surface area (Å²) in [6.45, 7) is 0. The molecule has 0 amide bonds. The van der Waals surface area contributed by atoms with Crippen molar-refractivity contribution in [2.24, 2.45) is 0 Å². The molecule has 1 aliphatic heterocycles. The first-order valence-corrected chi connectivity index (χ1v) is 6.58. The average Bonchev–Trinajstić information content (AvgIpc) is 2.83. The van der Waals surface area contributed by atoms with Crippen LogP contribution in [0.2, 0.25) is 0 Å². The summed E-state index contributed by atoms with van der Waals surface area (Å²) in [5.74, 6) is 0.444. The molecule has 100 valence electrons. The predicted octanol–water partition coefficient (Wildman–Crippen LogP) is 2.56. The second-order valence-corrected chi connectivity index (χ2v) is 4.93. The molecule has 0 aromatic heterocycles. The fourth-order valence-corrected chi connectivity index (χ4v) is 2.47. The van der Waals surface area contributed by atoms with Crippen LogP contribution in [0.4, 0.5) is 0 Å². The SMILES string of the molecule is O=C(O)C1Cc2ccc(OC3C=CCCC3)cc2O1. The van der Waals surface area contributed by atoms with Crippen LogP contribution in [0.3, 0.4) is 0 Å². The summed E-state index contributed by atoms with van der Waals surface area (Å²) < 4.78 is 11.3. The standard InChI is InChI=1S/C15H16O4/c16-15(17)14-8-10-6-7-12(9-13(10)19-14)18-11-4-2-1-3-5-11/h2,4,6-7,9,11,14H,1,3,5,8H2,(H,16,17). The number of hydrogen-bond donors (Lipinski definition) is 1. The summed E-state index contributed by atoms with van der Waals surface area (Å²) in [6, 6.07) is 5.57. The van der Waals surface area contributed by atoms with Gasteiger partial charge in [0.2, 0.25) is 0 Å². The van der Waals surface area contributed by atoms with E-state index in [-0.39, 0.29) is 6.10 Å². The second kappa shape index (κ2) is 4.96. The number of ether oxygens (including phenoxy) is 2. The third-order valence-corrected chi connectivity index (χ3v) is 3.49. The van der Waals surface area contributed by atoms with Gasteiger partial charge in [-0.1, -0.05) is 12.1 Å². The van der Waals surface area contributed by atoms with Crippen molar-refractivity contribution < 1.29 is 19.4 Å². The van der Waals surface area contributed by atoms with Gasteiger partial charge in [-0.3, -0.25) is 0 Å². The number of carboxylic acid groups (broad SMARTS) is 1. The highest BCUT2D eigenvalue weighted by molar-refractivity contribution is 5.74. The number of carboxylic acids is 1. The number of hydrogen-bond acceptors (Lipinski definition) is 3. The lowest BCUT2D eigenvalue weighted by Gasteiger charge is -2.18. The molecule has 4 nitrogen and oxygen atoms in total. The first-order chi connectivity index (χ1) is 9.22. The van der Waals surface area contributed by atoms with Gasteiger partial charge < -0.3 is 14.6 Å². The number of rotatable bonds is 3. The Hall–Kier alpha value is -1.97. The van der Waals surface area contributed by atoms with Gasteiger partial charge in [0.25, 0.3) is 0 Å². The largest absolute Gasteiger partial charge is 0.486 e. The van der Waals surface area contributed by atoms with E-state index < -0.39 is 12.1 Å². The number of carbonyl (C=O) groups is 1. The molecule has 2 unspecified atom stereocenters. The topological polar surface area (TPSA) is 55.8 Å². The molecule has 3 rings (SSSR count). The third kappa shape index (κ3) is 2.57. The maximum Gasteiger partial charge on any atom is 0.345 e. The van der Waals surface area contributed by atoms with Gasteiger partial charge in [-0.25, -0.2) is 4.79 Å². The Balaban J connectivity index is 1.72. The summed E-state index contributed by atoms with van der Waals surface area (Å²) >= 11 is 0. The van der Waals surface area contributed by atoms with Crippen molar-refractivity contribution in [2.45, 2.75) is 37.9 Å². The van der Waals surface area contributed by atoms with Crippen molar-refractivity contribution in [1.29, 1.82) is 0 Å². The molecule has 0 fully saturated rings. The summed E-state index contributed by atoms with van der Waals surface area (Å²) in [4.78, 5) is 10.9. The molecule has 1 aromatic rings. The minimum atomic E-state index is -0.922. The summed E-state index contributed by atoms with van der Waals surface area (Å²) in [5, 5.41) is 8.95. The van der Waals surface area contributed by atoms with Crippen LogP contribution in [0.1, 0.15) is 24.8 Å². The number of benzene rings is 1. The van der Waals surface area contributed by atoms with Gasteiger partial charge >= 0.3 is 5.97 Å². The van der Waals surface area contributed by atoms with Crippen molar-refractivity contribution in [2.75, 3.05) is 0 Å². The Bertz CT molecular complexity index is 521. The highest BCUT2D eigenvalue weighted by Crippen LogP contribution is 2.33. The lowest BCUT2D eigenvalue weighted by atomic mass is 10.1. The zero-order chi connectivity index (χ0) is 13.2. The monoisotopic (exact) mass is 260 g/mol. The van der Waals surface area contributed by atoms with Crippen LogP contribution in [-0.2, 0) is 11.2 Å². The van der Waals surface area contributed by atoms with Gasteiger partial charge in [-0.2, -0.15) is 0 Å². The van der Waals surface area contributed by atoms with Crippen LogP contribution < -0.4 is 9.47 Å². The smallest absolute Gasteiger partial charge is 0.345 e. The van der Waals surface area contributed by atoms with Gasteiger partial charge in [-0.15, -0.1) is 0 Å². The zero-order valence-electron chi connectivity index (χ0n) is 10.5. The van der Waals surface area contributed by atoms with E-state index in [4.69, 9.17) is 14.6 Å². The first-order valence-electron chi connectivity index (χ1n) is 6.58. The summed E-state index contributed by atoms with van der Waals surface area (Å²) in [6.07, 6.45) is 7.27. The van der Waals surface area contributed by atoms with Crippen molar-refractivity contribution in [3.05, 3.63) is 35.9 Å². The minimum absolute atomic E-state index is 0.114. The maximum absolute atomic E-state index is 10.9. The van der Waals surface area contributed by atoms with Crippen LogP contribution in [0, 0.1) is 0 Å². The van der Waals surface area contributed by atoms with Crippen LogP contribution in [-0.4, -0.2) is 23.3 Å². The minimum Gasteiger partial charge on any atom is -0.486 e. The Labute approximate surface area is 111 Å². The molecular formula is C15H16O4. The van der Waals surface area contributed by atoms with Crippen molar-refractivity contribution >= 4 is 5.97 Å². The van der Waals surface area contributed by atoms with Crippen LogP contribution in [0.25, 0.3) is 0 Å². The van der Waals surface area contributed by atoms with E-state index >= 15 is 0 Å². The Morgan fingerprint density at radius 3 is 3.05 bits per heavy atom. The van der Waals surface area contributed by atoms with Gasteiger partial charge in [-0.05, 0) is 37.0 Å². The molecule has 1 aromatic carbocycles. The van der Waals surface area contributed by atoms with Crippen LogP contribution >= 0.6 is 0 Å². The number of fused-ring (bicyclic) bond motifs is 1. The molecule has 0 spiro atoms. The Kier molecular flexibility index (Phi) is 3.15. The van der Waals surface area contributed by atoms with Crippen LogP contribution in [0.15, 0.2) is 30.4 Å². The normalized spacial score (nSPS) is 24.6. The fourth-order valence-electron chi connectivity index (χ4n) is 2.47. The molecule has 0 saturated carbocycles. The molecule has 1 aliphatic carbocycles. The third-order valence-electron chi connectivity index (χ3n) is 3.49. The zero-order valence-corrected chi connectivity index (χ0v) is 10.5. The highest BCUT2D eigenvalue weighted by atomic mass is 16.5. The molecule has 1 N–H and O–H groups in total. The average molecular weight is 260 g/mol. The molecule has 1 heterocycles. The fraction of sp³-hybridized carbons (Fsp3) is 0.400. The van der Waals surface area contributed by atoms with E-state index in [0.717, 1.165) is 30.6 Å². The molecule has 4 heteroatoms. The molecule has 0 radical (unpaired) electrons. The number of allylic oxidation sites excluding steroid dienone is 1. The Morgan fingerprint density at radius 1 is 1.42 bits per heavy atom. The van der Waals surface area contributed by atoms with Gasteiger partial charge in [0.1, 0.15) is 17.6 Å². The Morgan fingerprint density at radius 2 is 2.32 bits per heavy atom. The van der Waals surface area contributed by atoms with Gasteiger partial charge in [0, 0.05) is 12.5 Å². The maximum atomic E-state index is 10.9. The van der Waals surface area contributed by atoms with Crippen molar-refractivity contribution in [3.8, 4) is 11.5 Å². The second-order valence-electron chi connectivity index (χ2n) is 4.93. The molecule has 0 bridgehead atoms. The van der Waals surface area contributed by atoms with E-state index in [1.807, 2.05) is 12.1 Å². The van der Waals surface area contributed by atoms with E-state index in [9.17, 15) is 4.79 Å². The number of aliphatic carboxylic acids is 1. The van der Waals surface area contributed by atoms with Crippen molar-refractivity contribution in [3.63, 3.8) is 0 Å².